The molecule has 3 aliphatic heterocycles. The standard InChI is InChI=1S/C29H26N4O4/c1-30-26(35)24-16-18-8-2-3-9-19(18)17-32(24)25(34)14-15-31-27-20-10-4-5-11-21(20)29(37)33(27)23-13-7-6-12-22(23)28(31)36/h2-13,24,27H,14-17H2,1H3,(H,30,35)/t24-,27?/m0/s1. The van der Waals surface area contributed by atoms with Crippen LogP contribution in [0.4, 0.5) is 5.69 Å². The van der Waals surface area contributed by atoms with E-state index in [1.54, 1.807) is 46.0 Å². The highest BCUT2D eigenvalue weighted by Crippen LogP contribution is 2.45. The molecule has 3 aliphatic rings. The maximum atomic E-state index is 13.6. The van der Waals surface area contributed by atoms with E-state index in [1.807, 2.05) is 48.5 Å². The van der Waals surface area contributed by atoms with E-state index in [9.17, 15) is 19.2 Å². The van der Waals surface area contributed by atoms with Crippen molar-refractivity contribution >= 4 is 29.3 Å². The largest absolute Gasteiger partial charge is 0.357 e. The van der Waals surface area contributed by atoms with Crippen LogP contribution in [0.15, 0.2) is 72.8 Å². The molecular formula is C29H26N4O4. The van der Waals surface area contributed by atoms with Crippen molar-refractivity contribution in [3.8, 4) is 0 Å². The van der Waals surface area contributed by atoms with E-state index in [2.05, 4.69) is 5.32 Å². The second-order valence-electron chi connectivity index (χ2n) is 9.53. The molecule has 3 aromatic rings. The minimum Gasteiger partial charge on any atom is -0.357 e. The fourth-order valence-electron chi connectivity index (χ4n) is 5.75. The van der Waals surface area contributed by atoms with E-state index >= 15 is 0 Å². The van der Waals surface area contributed by atoms with Crippen molar-refractivity contribution in [2.45, 2.75) is 31.6 Å². The van der Waals surface area contributed by atoms with E-state index in [-0.39, 0.29) is 36.6 Å². The van der Waals surface area contributed by atoms with E-state index in [0.29, 0.717) is 29.8 Å². The number of fused-ring (bicyclic) bond motifs is 6. The van der Waals surface area contributed by atoms with Crippen molar-refractivity contribution in [1.82, 2.24) is 15.1 Å². The van der Waals surface area contributed by atoms with Crippen molar-refractivity contribution in [3.63, 3.8) is 0 Å². The number of carbonyl (C=O) groups excluding carboxylic acids is 4. The number of benzene rings is 3. The molecule has 0 spiro atoms. The fraction of sp³-hybridized carbons (Fsp3) is 0.241. The van der Waals surface area contributed by atoms with Crippen LogP contribution in [0.1, 0.15) is 50.0 Å². The zero-order valence-corrected chi connectivity index (χ0v) is 20.4. The summed E-state index contributed by atoms with van der Waals surface area (Å²) in [6.07, 6.45) is -0.143. The first kappa shape index (κ1) is 23.0. The van der Waals surface area contributed by atoms with Crippen LogP contribution < -0.4 is 10.2 Å². The number of hydrogen-bond donors (Lipinski definition) is 1. The van der Waals surface area contributed by atoms with Crippen LogP contribution in [0, 0.1) is 0 Å². The third kappa shape index (κ3) is 3.59. The Morgan fingerprint density at radius 2 is 1.54 bits per heavy atom. The molecule has 4 amide bonds. The second kappa shape index (κ2) is 8.89. The topological polar surface area (TPSA) is 90.0 Å². The van der Waals surface area contributed by atoms with Crippen molar-refractivity contribution < 1.29 is 19.2 Å². The molecule has 8 heteroatoms. The Bertz CT molecular complexity index is 1450. The molecule has 3 aromatic carbocycles. The number of para-hydroxylation sites is 1. The van der Waals surface area contributed by atoms with Gasteiger partial charge in [-0.15, -0.1) is 0 Å². The van der Waals surface area contributed by atoms with Gasteiger partial charge >= 0.3 is 0 Å². The van der Waals surface area contributed by atoms with Gasteiger partial charge in [0.2, 0.25) is 11.8 Å². The smallest absolute Gasteiger partial charge is 0.260 e. The maximum Gasteiger partial charge on any atom is 0.260 e. The Kier molecular flexibility index (Phi) is 5.52. The summed E-state index contributed by atoms with van der Waals surface area (Å²) < 4.78 is 0. The molecule has 6 rings (SSSR count). The van der Waals surface area contributed by atoms with E-state index < -0.39 is 12.2 Å². The molecule has 0 fully saturated rings. The van der Waals surface area contributed by atoms with Crippen LogP contribution >= 0.6 is 0 Å². The number of nitrogens with zero attached hydrogens (tertiary/aromatic N) is 3. The van der Waals surface area contributed by atoms with Gasteiger partial charge in [0.25, 0.3) is 11.8 Å². The van der Waals surface area contributed by atoms with Gasteiger partial charge in [0.15, 0.2) is 0 Å². The summed E-state index contributed by atoms with van der Waals surface area (Å²) >= 11 is 0. The number of anilines is 1. The van der Waals surface area contributed by atoms with Gasteiger partial charge in [-0.2, -0.15) is 0 Å². The lowest BCUT2D eigenvalue weighted by molar-refractivity contribution is -0.141. The summed E-state index contributed by atoms with van der Waals surface area (Å²) in [5.41, 5.74) is 4.38. The fourth-order valence-corrected chi connectivity index (χ4v) is 5.75. The Morgan fingerprint density at radius 1 is 0.865 bits per heavy atom. The first-order valence-corrected chi connectivity index (χ1v) is 12.4. The number of rotatable bonds is 4. The number of amides is 4. The molecule has 0 bridgehead atoms. The lowest BCUT2D eigenvalue weighted by Crippen LogP contribution is -2.53. The third-order valence-corrected chi connectivity index (χ3v) is 7.57. The van der Waals surface area contributed by atoms with Crippen LogP contribution in [0.3, 0.4) is 0 Å². The predicted molar refractivity (Wildman–Crippen MR) is 137 cm³/mol. The number of likely N-dealkylation sites (N-methyl/N-ethyl adjacent to an activating group) is 1. The van der Waals surface area contributed by atoms with E-state index in [0.717, 1.165) is 16.7 Å². The minimum atomic E-state index is -0.615. The van der Waals surface area contributed by atoms with Gasteiger partial charge in [-0.25, -0.2) is 0 Å². The summed E-state index contributed by atoms with van der Waals surface area (Å²) in [6, 6.07) is 21.6. The highest BCUT2D eigenvalue weighted by molar-refractivity contribution is 6.16. The Balaban J connectivity index is 1.30. The Morgan fingerprint density at radius 3 is 2.32 bits per heavy atom. The van der Waals surface area contributed by atoms with Crippen molar-refractivity contribution in [2.24, 2.45) is 0 Å². The van der Waals surface area contributed by atoms with Gasteiger partial charge in [-0.05, 0) is 29.3 Å². The first-order valence-electron chi connectivity index (χ1n) is 12.4. The Hall–Kier alpha value is -4.46. The molecule has 1 unspecified atom stereocenters. The normalized spacial score (nSPS) is 19.6. The quantitative estimate of drug-likeness (QED) is 0.604. The minimum absolute atomic E-state index is 0.0320. The van der Waals surface area contributed by atoms with Gasteiger partial charge in [0.1, 0.15) is 12.2 Å². The molecule has 3 heterocycles. The van der Waals surface area contributed by atoms with Crippen LogP contribution in [0.2, 0.25) is 0 Å². The van der Waals surface area contributed by atoms with Crippen molar-refractivity contribution in [3.05, 3.63) is 101 Å². The number of hydrogen-bond acceptors (Lipinski definition) is 4. The zero-order valence-electron chi connectivity index (χ0n) is 20.4. The van der Waals surface area contributed by atoms with Gasteiger partial charge in [0.05, 0.1) is 11.3 Å². The maximum absolute atomic E-state index is 13.6. The average Bonchev–Trinajstić information content (AvgIpc) is 3.24. The van der Waals surface area contributed by atoms with Crippen molar-refractivity contribution in [2.75, 3.05) is 18.5 Å². The lowest BCUT2D eigenvalue weighted by Gasteiger charge is -2.41. The molecule has 186 valence electrons. The Labute approximate surface area is 214 Å². The predicted octanol–water partition coefficient (Wildman–Crippen LogP) is 2.89. The van der Waals surface area contributed by atoms with Crippen LogP contribution in [-0.2, 0) is 22.6 Å². The highest BCUT2D eigenvalue weighted by Gasteiger charge is 2.47. The zero-order chi connectivity index (χ0) is 25.7. The molecule has 2 atom stereocenters. The molecule has 8 nitrogen and oxygen atoms in total. The molecule has 0 saturated heterocycles. The van der Waals surface area contributed by atoms with Gasteiger partial charge in [-0.3, -0.25) is 24.1 Å². The first-order chi connectivity index (χ1) is 18.0. The number of nitrogens with one attached hydrogen (secondary N) is 1. The highest BCUT2D eigenvalue weighted by atomic mass is 16.2. The molecule has 1 N–H and O–H groups in total. The molecular weight excluding hydrogens is 468 g/mol. The molecule has 0 radical (unpaired) electrons. The summed E-state index contributed by atoms with van der Waals surface area (Å²) in [5, 5.41) is 2.68. The molecule has 0 aliphatic carbocycles. The van der Waals surface area contributed by atoms with Gasteiger partial charge < -0.3 is 15.1 Å². The number of carbonyl (C=O) groups is 4. The summed E-state index contributed by atoms with van der Waals surface area (Å²) in [5.74, 6) is -0.809. The van der Waals surface area contributed by atoms with Crippen molar-refractivity contribution in [1.29, 1.82) is 0 Å². The van der Waals surface area contributed by atoms with E-state index in [1.165, 1.54) is 0 Å². The second-order valence-corrected chi connectivity index (χ2v) is 9.53. The van der Waals surface area contributed by atoms with Crippen LogP contribution in [0.5, 0.6) is 0 Å². The molecule has 37 heavy (non-hydrogen) atoms. The third-order valence-electron chi connectivity index (χ3n) is 7.57. The summed E-state index contributed by atoms with van der Waals surface area (Å²) in [7, 11) is 1.57. The lowest BCUT2D eigenvalue weighted by atomic mass is 9.93. The monoisotopic (exact) mass is 494 g/mol. The molecule has 0 saturated carbocycles. The summed E-state index contributed by atoms with van der Waals surface area (Å²) in [4.78, 5) is 58.1. The van der Waals surface area contributed by atoms with E-state index in [4.69, 9.17) is 0 Å². The summed E-state index contributed by atoms with van der Waals surface area (Å²) in [6.45, 7) is 0.453. The molecule has 0 aromatic heterocycles. The van der Waals surface area contributed by atoms with Crippen LogP contribution in [-0.4, -0.2) is 53.1 Å². The SMILES string of the molecule is CNC(=O)[C@@H]1Cc2ccccc2CN1C(=O)CCN1C(=O)c2ccccc2N2C(=O)c3ccccc3C12. The van der Waals surface area contributed by atoms with Gasteiger partial charge in [-0.1, -0.05) is 54.6 Å². The average molecular weight is 495 g/mol. The van der Waals surface area contributed by atoms with Crippen LogP contribution in [0.25, 0.3) is 0 Å². The van der Waals surface area contributed by atoms with Gasteiger partial charge in [0, 0.05) is 44.1 Å².